The molecule has 1 spiro atoms. The molecule has 0 amide bonds. The maximum Gasteiger partial charge on any atom is 0.128 e. The van der Waals surface area contributed by atoms with E-state index in [2.05, 4.69) is 9.88 Å². The summed E-state index contributed by atoms with van der Waals surface area (Å²) >= 11 is 0. The molecule has 1 aromatic carbocycles. The molecule has 4 rings (SSSR count). The number of likely N-dealkylation sites (tertiary alicyclic amines) is 1. The van der Waals surface area contributed by atoms with Crippen LogP contribution >= 0.6 is 0 Å². The van der Waals surface area contributed by atoms with Crippen molar-refractivity contribution in [3.05, 3.63) is 30.5 Å². The fraction of sp³-hybridized carbons (Fsp3) is 0.556. The third-order valence-corrected chi connectivity index (χ3v) is 5.16. The molecule has 0 saturated carbocycles. The molecule has 2 fully saturated rings. The molecule has 2 atom stereocenters. The van der Waals surface area contributed by atoms with Crippen molar-refractivity contribution in [2.24, 2.45) is 5.41 Å². The van der Waals surface area contributed by atoms with Gasteiger partial charge < -0.3 is 19.6 Å². The summed E-state index contributed by atoms with van der Waals surface area (Å²) in [5, 5.41) is 11.4. The molecule has 2 N–H and O–H groups in total. The molecule has 2 saturated heterocycles. The SMILES string of the molecule is O[C@@H](COc1cccc2[nH]ccc12)CN1CC[C@]2(CCOC2)C1. The summed E-state index contributed by atoms with van der Waals surface area (Å²) in [6, 6.07) is 7.93. The first kappa shape index (κ1) is 15.0. The first-order valence-corrected chi connectivity index (χ1v) is 8.41. The summed E-state index contributed by atoms with van der Waals surface area (Å²) in [6.45, 7) is 4.85. The van der Waals surface area contributed by atoms with Crippen LogP contribution in [0.15, 0.2) is 30.5 Å². The standard InChI is InChI=1S/C18H24N2O3/c21-14(10-20-8-5-18(12-20)6-9-22-13-18)11-23-17-3-1-2-16-15(17)4-7-19-16/h1-4,7,14,19,21H,5-6,8-13H2/t14-,18+/m1/s1. The topological polar surface area (TPSA) is 57.7 Å². The number of aromatic amines is 1. The highest BCUT2D eigenvalue weighted by atomic mass is 16.5. The number of hydrogen-bond donors (Lipinski definition) is 2. The normalized spacial score (nSPS) is 26.3. The van der Waals surface area contributed by atoms with Crippen LogP contribution in [0.2, 0.25) is 0 Å². The number of aromatic nitrogens is 1. The van der Waals surface area contributed by atoms with E-state index in [1.54, 1.807) is 0 Å². The van der Waals surface area contributed by atoms with Crippen molar-refractivity contribution in [1.29, 1.82) is 0 Å². The number of ether oxygens (including phenoxy) is 2. The average molecular weight is 316 g/mol. The van der Waals surface area contributed by atoms with Crippen LogP contribution in [0.1, 0.15) is 12.8 Å². The van der Waals surface area contributed by atoms with Crippen LogP contribution in [0.5, 0.6) is 5.75 Å². The number of hydrogen-bond acceptors (Lipinski definition) is 4. The minimum absolute atomic E-state index is 0.324. The Morgan fingerprint density at radius 3 is 3.17 bits per heavy atom. The van der Waals surface area contributed by atoms with Crippen molar-refractivity contribution in [3.8, 4) is 5.75 Å². The highest BCUT2D eigenvalue weighted by Crippen LogP contribution is 2.38. The molecule has 2 aliphatic rings. The van der Waals surface area contributed by atoms with Crippen LogP contribution in [0.3, 0.4) is 0 Å². The largest absolute Gasteiger partial charge is 0.490 e. The quantitative estimate of drug-likeness (QED) is 0.886. The van der Waals surface area contributed by atoms with Gasteiger partial charge in [0, 0.05) is 42.2 Å². The lowest BCUT2D eigenvalue weighted by molar-refractivity contribution is 0.0710. The van der Waals surface area contributed by atoms with Crippen LogP contribution in [0.4, 0.5) is 0 Å². The second kappa shape index (κ2) is 6.15. The zero-order valence-electron chi connectivity index (χ0n) is 13.3. The van der Waals surface area contributed by atoms with E-state index < -0.39 is 6.10 Å². The number of nitrogens with zero attached hydrogens (tertiary/aromatic N) is 1. The third kappa shape index (κ3) is 3.09. The van der Waals surface area contributed by atoms with Crippen molar-refractivity contribution in [2.75, 3.05) is 39.5 Å². The van der Waals surface area contributed by atoms with Crippen molar-refractivity contribution in [2.45, 2.75) is 18.9 Å². The molecular weight excluding hydrogens is 292 g/mol. The number of H-pyrrole nitrogens is 1. The van der Waals surface area contributed by atoms with E-state index in [1.165, 1.54) is 6.42 Å². The first-order valence-electron chi connectivity index (χ1n) is 8.41. The second-order valence-corrected chi connectivity index (χ2v) is 6.95. The summed E-state index contributed by atoms with van der Waals surface area (Å²) < 4.78 is 11.4. The van der Waals surface area contributed by atoms with Gasteiger partial charge in [0.05, 0.1) is 6.61 Å². The van der Waals surface area contributed by atoms with Gasteiger partial charge in [-0.2, -0.15) is 0 Å². The predicted molar refractivity (Wildman–Crippen MR) is 88.7 cm³/mol. The van der Waals surface area contributed by atoms with E-state index in [9.17, 15) is 5.11 Å². The molecular formula is C18H24N2O3. The molecule has 0 aliphatic carbocycles. The van der Waals surface area contributed by atoms with Gasteiger partial charge in [-0.15, -0.1) is 0 Å². The molecule has 5 nitrogen and oxygen atoms in total. The minimum Gasteiger partial charge on any atom is -0.490 e. The van der Waals surface area contributed by atoms with Crippen molar-refractivity contribution in [3.63, 3.8) is 0 Å². The smallest absolute Gasteiger partial charge is 0.128 e. The van der Waals surface area contributed by atoms with Gasteiger partial charge in [-0.3, -0.25) is 4.90 Å². The van der Waals surface area contributed by atoms with E-state index in [-0.39, 0.29) is 0 Å². The molecule has 2 aliphatic heterocycles. The molecule has 23 heavy (non-hydrogen) atoms. The van der Waals surface area contributed by atoms with Crippen LogP contribution in [-0.2, 0) is 4.74 Å². The summed E-state index contributed by atoms with van der Waals surface area (Å²) in [5.74, 6) is 0.824. The Balaban J connectivity index is 1.30. The van der Waals surface area contributed by atoms with Gasteiger partial charge >= 0.3 is 0 Å². The van der Waals surface area contributed by atoms with Gasteiger partial charge in [0.1, 0.15) is 18.5 Å². The van der Waals surface area contributed by atoms with Gasteiger partial charge in [-0.1, -0.05) is 6.07 Å². The van der Waals surface area contributed by atoms with Gasteiger partial charge in [0.25, 0.3) is 0 Å². The lowest BCUT2D eigenvalue weighted by atomic mass is 9.87. The molecule has 124 valence electrons. The van der Waals surface area contributed by atoms with E-state index >= 15 is 0 Å². The average Bonchev–Trinajstić information content (AvgIpc) is 3.28. The second-order valence-electron chi connectivity index (χ2n) is 6.95. The van der Waals surface area contributed by atoms with Gasteiger partial charge in [-0.25, -0.2) is 0 Å². The summed E-state index contributed by atoms with van der Waals surface area (Å²) in [5.41, 5.74) is 1.40. The predicted octanol–water partition coefficient (Wildman–Crippen LogP) is 2.02. The number of rotatable bonds is 5. The Morgan fingerprint density at radius 2 is 2.30 bits per heavy atom. The monoisotopic (exact) mass is 316 g/mol. The fourth-order valence-corrected chi connectivity index (χ4v) is 3.87. The maximum absolute atomic E-state index is 10.3. The molecule has 2 aromatic rings. The van der Waals surface area contributed by atoms with E-state index in [0.717, 1.165) is 49.4 Å². The molecule has 5 heteroatoms. The summed E-state index contributed by atoms with van der Waals surface area (Å²) in [6.07, 6.45) is 3.78. The van der Waals surface area contributed by atoms with Crippen LogP contribution in [0, 0.1) is 5.41 Å². The number of β-amino-alcohol motifs (C(OH)–C–C–N with tert-alkyl or cyclic N) is 1. The van der Waals surface area contributed by atoms with E-state index in [4.69, 9.17) is 9.47 Å². The van der Waals surface area contributed by atoms with Crippen LogP contribution in [0.25, 0.3) is 10.9 Å². The number of benzene rings is 1. The Labute approximate surface area is 136 Å². The summed E-state index contributed by atoms with van der Waals surface area (Å²) in [4.78, 5) is 5.52. The Morgan fingerprint density at radius 1 is 1.35 bits per heavy atom. The van der Waals surface area contributed by atoms with Crippen molar-refractivity contribution in [1.82, 2.24) is 9.88 Å². The van der Waals surface area contributed by atoms with Gasteiger partial charge in [-0.05, 0) is 37.6 Å². The molecule has 0 radical (unpaired) electrons. The molecule has 0 unspecified atom stereocenters. The number of nitrogens with one attached hydrogen (secondary N) is 1. The maximum atomic E-state index is 10.3. The first-order chi connectivity index (χ1) is 11.2. The number of fused-ring (bicyclic) bond motifs is 1. The van der Waals surface area contributed by atoms with Crippen molar-refractivity contribution >= 4 is 10.9 Å². The summed E-state index contributed by atoms with van der Waals surface area (Å²) in [7, 11) is 0. The van der Waals surface area contributed by atoms with Gasteiger partial charge in [0.15, 0.2) is 0 Å². The third-order valence-electron chi connectivity index (χ3n) is 5.16. The Kier molecular flexibility index (Phi) is 4.01. The Hall–Kier alpha value is -1.56. The highest BCUT2D eigenvalue weighted by Gasteiger charge is 2.41. The minimum atomic E-state index is -0.471. The molecule has 0 bridgehead atoms. The van der Waals surface area contributed by atoms with E-state index in [1.807, 2.05) is 30.5 Å². The number of aliphatic hydroxyl groups is 1. The zero-order chi connectivity index (χ0) is 15.7. The van der Waals surface area contributed by atoms with Crippen LogP contribution < -0.4 is 4.74 Å². The molecule has 3 heterocycles. The number of aliphatic hydroxyl groups excluding tert-OH is 1. The lowest BCUT2D eigenvalue weighted by Crippen LogP contribution is -2.36. The Bertz CT molecular complexity index is 663. The highest BCUT2D eigenvalue weighted by molar-refractivity contribution is 5.85. The van der Waals surface area contributed by atoms with Gasteiger partial charge in [0.2, 0.25) is 0 Å². The zero-order valence-corrected chi connectivity index (χ0v) is 13.3. The van der Waals surface area contributed by atoms with Crippen molar-refractivity contribution < 1.29 is 14.6 Å². The molecule has 1 aromatic heterocycles. The van der Waals surface area contributed by atoms with Crippen LogP contribution in [-0.4, -0.2) is 60.5 Å². The lowest BCUT2D eigenvalue weighted by Gasteiger charge is -2.24. The van der Waals surface area contributed by atoms with E-state index in [0.29, 0.717) is 18.6 Å². The fourth-order valence-electron chi connectivity index (χ4n) is 3.87.